The first-order valence-corrected chi connectivity index (χ1v) is 9.71. The van der Waals surface area contributed by atoms with Crippen LogP contribution in [0.2, 0.25) is 5.02 Å². The van der Waals surface area contributed by atoms with Gasteiger partial charge in [-0.05, 0) is 68.0 Å². The van der Waals surface area contributed by atoms with E-state index in [1.165, 1.54) is 0 Å². The van der Waals surface area contributed by atoms with Crippen LogP contribution in [-0.2, 0) is 0 Å². The number of hydrogen-bond donors (Lipinski definition) is 1. The normalized spacial score (nSPS) is 19.4. The molecule has 3 heterocycles. The lowest BCUT2D eigenvalue weighted by atomic mass is 10.0. The van der Waals surface area contributed by atoms with Crippen LogP contribution in [0.3, 0.4) is 0 Å². The van der Waals surface area contributed by atoms with Crippen LogP contribution < -0.4 is 5.32 Å². The number of aromatic nitrogens is 1. The molecule has 2 atom stereocenters. The molecule has 1 aromatic carbocycles. The maximum absolute atomic E-state index is 6.29. The van der Waals surface area contributed by atoms with Gasteiger partial charge in [0, 0.05) is 23.3 Å². The zero-order valence-corrected chi connectivity index (χ0v) is 16.7. The van der Waals surface area contributed by atoms with Gasteiger partial charge < -0.3 is 14.6 Å². The zero-order valence-electron chi connectivity index (χ0n) is 15.1. The molecule has 1 saturated heterocycles. The second kappa shape index (κ2) is 7.33. The van der Waals surface area contributed by atoms with Crippen LogP contribution in [0.5, 0.6) is 0 Å². The van der Waals surface area contributed by atoms with Gasteiger partial charge in [-0.3, -0.25) is 4.98 Å². The predicted octanol–water partition coefficient (Wildman–Crippen LogP) is 5.30. The van der Waals surface area contributed by atoms with Crippen molar-refractivity contribution in [2.24, 2.45) is 0 Å². The van der Waals surface area contributed by atoms with E-state index < -0.39 is 0 Å². The van der Waals surface area contributed by atoms with Gasteiger partial charge in [-0.2, -0.15) is 0 Å². The Morgan fingerprint density at radius 2 is 2.07 bits per heavy atom. The topological polar surface area (TPSA) is 41.3 Å². The van der Waals surface area contributed by atoms with E-state index in [-0.39, 0.29) is 12.1 Å². The molecule has 4 nitrogen and oxygen atoms in total. The Kier molecular flexibility index (Phi) is 4.89. The summed E-state index contributed by atoms with van der Waals surface area (Å²) in [6.07, 6.45) is 1.80. The molecule has 27 heavy (non-hydrogen) atoms. The summed E-state index contributed by atoms with van der Waals surface area (Å²) < 4.78 is 6.29. The van der Waals surface area contributed by atoms with Crippen molar-refractivity contribution >= 4 is 28.9 Å². The highest BCUT2D eigenvalue weighted by Crippen LogP contribution is 2.40. The zero-order chi connectivity index (χ0) is 19.0. The second-order valence-corrected chi connectivity index (χ2v) is 7.40. The lowest BCUT2D eigenvalue weighted by molar-refractivity contribution is 0.284. The first kappa shape index (κ1) is 18.0. The third-order valence-electron chi connectivity index (χ3n) is 4.92. The Bertz CT molecular complexity index is 973. The molecule has 1 fully saturated rings. The molecule has 4 rings (SSSR count). The van der Waals surface area contributed by atoms with Crippen LogP contribution in [0.1, 0.15) is 36.0 Å². The van der Waals surface area contributed by atoms with Crippen molar-refractivity contribution in [3.8, 4) is 11.3 Å². The van der Waals surface area contributed by atoms with Crippen LogP contribution in [0.25, 0.3) is 11.3 Å². The number of nitrogens with zero attached hydrogens (tertiary/aromatic N) is 2. The van der Waals surface area contributed by atoms with E-state index in [0.29, 0.717) is 5.02 Å². The van der Waals surface area contributed by atoms with Crippen molar-refractivity contribution in [3.63, 3.8) is 0 Å². The van der Waals surface area contributed by atoms with Gasteiger partial charge in [0.25, 0.3) is 0 Å². The standard InChI is InChI=1S/C21H20ClN3OS/c1-3-25-20(19(24-21(25)27)16-6-4-5-11-23-16)18-10-9-17(26-18)15-12-14(22)8-7-13(15)2/h4-12,19-20H,3H2,1-2H3,(H,24,27)/t19-,20+/m0/s1. The fourth-order valence-corrected chi connectivity index (χ4v) is 4.11. The largest absolute Gasteiger partial charge is 0.459 e. The average molecular weight is 398 g/mol. The Balaban J connectivity index is 1.75. The Hall–Kier alpha value is -2.37. The number of pyridine rings is 1. The van der Waals surface area contributed by atoms with Crippen LogP contribution in [0.15, 0.2) is 59.1 Å². The first-order valence-electron chi connectivity index (χ1n) is 8.93. The van der Waals surface area contributed by atoms with Gasteiger partial charge in [-0.15, -0.1) is 0 Å². The van der Waals surface area contributed by atoms with Crippen molar-refractivity contribution in [2.75, 3.05) is 6.54 Å². The molecule has 3 aromatic rings. The summed E-state index contributed by atoms with van der Waals surface area (Å²) in [5, 5.41) is 4.81. The van der Waals surface area contributed by atoms with Gasteiger partial charge >= 0.3 is 0 Å². The average Bonchev–Trinajstić information content (AvgIpc) is 3.28. The number of hydrogen-bond acceptors (Lipinski definition) is 3. The van der Waals surface area contributed by atoms with Crippen molar-refractivity contribution < 1.29 is 4.42 Å². The summed E-state index contributed by atoms with van der Waals surface area (Å²) in [6.45, 7) is 4.92. The fourth-order valence-electron chi connectivity index (χ4n) is 3.57. The van der Waals surface area contributed by atoms with Gasteiger partial charge in [-0.25, -0.2) is 0 Å². The van der Waals surface area contributed by atoms with Crippen LogP contribution in [0.4, 0.5) is 0 Å². The molecular weight excluding hydrogens is 378 g/mol. The van der Waals surface area contributed by atoms with E-state index in [2.05, 4.69) is 29.0 Å². The predicted molar refractivity (Wildman–Crippen MR) is 112 cm³/mol. The number of halogens is 1. The summed E-state index contributed by atoms with van der Waals surface area (Å²) in [7, 11) is 0. The number of furan rings is 1. The molecule has 1 N–H and O–H groups in total. The lowest BCUT2D eigenvalue weighted by Gasteiger charge is -2.24. The molecule has 0 unspecified atom stereocenters. The number of aryl methyl sites for hydroxylation is 1. The molecule has 6 heteroatoms. The van der Waals surface area contributed by atoms with Crippen molar-refractivity contribution in [3.05, 3.63) is 76.8 Å². The number of likely N-dealkylation sites (N-methyl/N-ethyl adjacent to an activating group) is 1. The van der Waals surface area contributed by atoms with E-state index in [0.717, 1.165) is 40.0 Å². The monoisotopic (exact) mass is 397 g/mol. The van der Waals surface area contributed by atoms with Gasteiger partial charge in [-0.1, -0.05) is 23.7 Å². The molecule has 1 aliphatic heterocycles. The molecule has 0 amide bonds. The number of rotatable bonds is 4. The number of nitrogens with one attached hydrogen (secondary N) is 1. The van der Waals surface area contributed by atoms with E-state index >= 15 is 0 Å². The first-order chi connectivity index (χ1) is 13.1. The van der Waals surface area contributed by atoms with Crippen LogP contribution >= 0.6 is 23.8 Å². The minimum absolute atomic E-state index is 0.0503. The van der Waals surface area contributed by atoms with Crippen LogP contribution in [-0.4, -0.2) is 21.5 Å². The minimum Gasteiger partial charge on any atom is -0.459 e. The maximum Gasteiger partial charge on any atom is 0.170 e. The van der Waals surface area contributed by atoms with E-state index in [9.17, 15) is 0 Å². The van der Waals surface area contributed by atoms with E-state index in [1.807, 2.05) is 48.5 Å². The Labute approximate surface area is 169 Å². The SMILES string of the molecule is CCN1C(=S)N[C@@H](c2ccccn2)[C@H]1c1ccc(-c2cc(Cl)ccc2C)o1. The summed E-state index contributed by atoms with van der Waals surface area (Å²) in [4.78, 5) is 6.66. The van der Waals surface area contributed by atoms with Gasteiger partial charge in [0.15, 0.2) is 5.11 Å². The molecule has 1 aliphatic rings. The molecule has 0 bridgehead atoms. The van der Waals surface area contributed by atoms with E-state index in [4.69, 9.17) is 28.2 Å². The lowest BCUT2D eigenvalue weighted by Crippen LogP contribution is -2.29. The van der Waals surface area contributed by atoms with Crippen molar-refractivity contribution in [1.82, 2.24) is 15.2 Å². The molecular formula is C21H20ClN3OS. The molecule has 138 valence electrons. The molecule has 0 radical (unpaired) electrons. The Morgan fingerprint density at radius 1 is 1.22 bits per heavy atom. The Morgan fingerprint density at radius 3 is 2.81 bits per heavy atom. The third-order valence-corrected chi connectivity index (χ3v) is 5.51. The highest BCUT2D eigenvalue weighted by molar-refractivity contribution is 7.80. The molecule has 2 aromatic heterocycles. The number of benzene rings is 1. The highest BCUT2D eigenvalue weighted by atomic mass is 35.5. The molecule has 0 aliphatic carbocycles. The van der Waals surface area contributed by atoms with E-state index in [1.54, 1.807) is 6.20 Å². The highest BCUT2D eigenvalue weighted by Gasteiger charge is 2.40. The summed E-state index contributed by atoms with van der Waals surface area (Å²) in [5.74, 6) is 1.66. The summed E-state index contributed by atoms with van der Waals surface area (Å²) >= 11 is 11.7. The van der Waals surface area contributed by atoms with Gasteiger partial charge in [0.2, 0.25) is 0 Å². The maximum atomic E-state index is 6.29. The van der Waals surface area contributed by atoms with Crippen molar-refractivity contribution in [2.45, 2.75) is 25.9 Å². The fraction of sp³-hybridized carbons (Fsp3) is 0.238. The minimum atomic E-state index is -0.0573. The van der Waals surface area contributed by atoms with Gasteiger partial charge in [0.1, 0.15) is 17.6 Å². The quantitative estimate of drug-likeness (QED) is 0.605. The third kappa shape index (κ3) is 3.33. The molecule has 0 saturated carbocycles. The summed E-state index contributed by atoms with van der Waals surface area (Å²) in [5.41, 5.74) is 3.06. The molecule has 0 spiro atoms. The smallest absolute Gasteiger partial charge is 0.170 e. The summed E-state index contributed by atoms with van der Waals surface area (Å²) in [6, 6.07) is 15.7. The van der Waals surface area contributed by atoms with Crippen LogP contribution in [0, 0.1) is 6.92 Å². The van der Waals surface area contributed by atoms with Crippen molar-refractivity contribution in [1.29, 1.82) is 0 Å². The van der Waals surface area contributed by atoms with Gasteiger partial charge in [0.05, 0.1) is 11.7 Å². The second-order valence-electron chi connectivity index (χ2n) is 6.57. The number of thiocarbonyl (C=S) groups is 1.